The summed E-state index contributed by atoms with van der Waals surface area (Å²) in [4.78, 5) is 3.96. The van der Waals surface area contributed by atoms with Gasteiger partial charge in [-0.1, -0.05) is 0 Å². The number of anilines is 1. The molecule has 5 heteroatoms. The van der Waals surface area contributed by atoms with Gasteiger partial charge in [-0.05, 0) is 18.6 Å². The van der Waals surface area contributed by atoms with Crippen LogP contribution in [0.3, 0.4) is 0 Å². The highest BCUT2D eigenvalue weighted by atomic mass is 16.3. The molecule has 0 bridgehead atoms. The number of nitrogens with one attached hydrogen (secondary N) is 1. The van der Waals surface area contributed by atoms with Crippen LogP contribution in [0.2, 0.25) is 0 Å². The van der Waals surface area contributed by atoms with Gasteiger partial charge >= 0.3 is 0 Å². The second-order valence-corrected chi connectivity index (χ2v) is 3.36. The molecule has 2 rings (SSSR count). The Labute approximate surface area is 87.0 Å². The molecule has 0 aliphatic heterocycles. The van der Waals surface area contributed by atoms with E-state index < -0.39 is 6.10 Å². The van der Waals surface area contributed by atoms with Crippen molar-refractivity contribution < 1.29 is 5.11 Å². The summed E-state index contributed by atoms with van der Waals surface area (Å²) in [5.74, 6) is 0.351. The summed E-state index contributed by atoms with van der Waals surface area (Å²) in [5, 5.41) is 16.5. The number of hydrogen-bond acceptors (Lipinski definition) is 4. The van der Waals surface area contributed by atoms with E-state index in [0.29, 0.717) is 16.9 Å². The van der Waals surface area contributed by atoms with Crippen LogP contribution in [0.4, 0.5) is 5.82 Å². The van der Waals surface area contributed by atoms with E-state index in [0.717, 1.165) is 5.56 Å². The first kappa shape index (κ1) is 9.67. The van der Waals surface area contributed by atoms with Gasteiger partial charge in [0.2, 0.25) is 0 Å². The Morgan fingerprint density at radius 1 is 1.53 bits per heavy atom. The van der Waals surface area contributed by atoms with Gasteiger partial charge in [-0.25, -0.2) is 4.98 Å². The van der Waals surface area contributed by atoms with Crippen LogP contribution in [0.15, 0.2) is 24.7 Å². The van der Waals surface area contributed by atoms with Crippen LogP contribution in [0.5, 0.6) is 0 Å². The van der Waals surface area contributed by atoms with Gasteiger partial charge in [-0.2, -0.15) is 5.10 Å². The van der Waals surface area contributed by atoms with Gasteiger partial charge in [0.25, 0.3) is 0 Å². The topological polar surface area (TPSA) is 87.8 Å². The monoisotopic (exact) mass is 204 g/mol. The third-order valence-electron chi connectivity index (χ3n) is 2.35. The first-order valence-corrected chi connectivity index (χ1v) is 4.58. The van der Waals surface area contributed by atoms with E-state index in [9.17, 15) is 5.11 Å². The molecule has 4 N–H and O–H groups in total. The largest absolute Gasteiger partial charge is 0.383 e. The summed E-state index contributed by atoms with van der Waals surface area (Å²) in [6.45, 7) is 1.89. The predicted octanol–water partition coefficient (Wildman–Crippen LogP) is 0.777. The number of H-pyrrole nitrogens is 1. The number of aromatic amines is 1. The summed E-state index contributed by atoms with van der Waals surface area (Å²) in [5.41, 5.74) is 7.96. The number of rotatable bonds is 2. The molecule has 15 heavy (non-hydrogen) atoms. The van der Waals surface area contributed by atoms with Crippen molar-refractivity contribution >= 4 is 5.82 Å². The van der Waals surface area contributed by atoms with Crippen LogP contribution in [-0.2, 0) is 0 Å². The third kappa shape index (κ3) is 1.69. The minimum atomic E-state index is -0.780. The Morgan fingerprint density at radius 3 is 2.93 bits per heavy atom. The Kier molecular flexibility index (Phi) is 2.39. The standard InChI is InChI=1S/C10H12N4O/c1-6-2-3-12-10(11)8(6)9(15)7-4-13-14-5-7/h2-5,9,15H,1H3,(H2,11,12)(H,13,14). The predicted molar refractivity (Wildman–Crippen MR) is 56.0 cm³/mol. The van der Waals surface area contributed by atoms with E-state index in [2.05, 4.69) is 15.2 Å². The van der Waals surface area contributed by atoms with E-state index in [1.807, 2.05) is 13.0 Å². The first-order chi connectivity index (χ1) is 7.20. The fourth-order valence-corrected chi connectivity index (χ4v) is 1.52. The lowest BCUT2D eigenvalue weighted by Crippen LogP contribution is -2.06. The molecule has 0 radical (unpaired) electrons. The van der Waals surface area contributed by atoms with Gasteiger partial charge < -0.3 is 10.8 Å². The number of pyridine rings is 1. The van der Waals surface area contributed by atoms with E-state index in [1.54, 1.807) is 18.6 Å². The number of aromatic nitrogens is 3. The number of nitrogens with two attached hydrogens (primary N) is 1. The first-order valence-electron chi connectivity index (χ1n) is 4.58. The fraction of sp³-hybridized carbons (Fsp3) is 0.200. The lowest BCUT2D eigenvalue weighted by molar-refractivity contribution is 0.220. The molecule has 0 spiro atoms. The van der Waals surface area contributed by atoms with Gasteiger partial charge in [0.1, 0.15) is 11.9 Å². The quantitative estimate of drug-likeness (QED) is 0.674. The van der Waals surface area contributed by atoms with Crippen molar-refractivity contribution in [3.63, 3.8) is 0 Å². The van der Waals surface area contributed by atoms with Crippen LogP contribution in [0, 0.1) is 6.92 Å². The number of aryl methyl sites for hydroxylation is 1. The molecular formula is C10H12N4O. The van der Waals surface area contributed by atoms with Gasteiger partial charge in [0.05, 0.1) is 6.20 Å². The molecule has 0 saturated carbocycles. The molecule has 1 unspecified atom stereocenters. The molecule has 0 aliphatic rings. The molecule has 2 aromatic heterocycles. The Bertz CT molecular complexity index is 432. The van der Waals surface area contributed by atoms with Gasteiger partial charge in [-0.3, -0.25) is 5.10 Å². The van der Waals surface area contributed by atoms with E-state index in [-0.39, 0.29) is 0 Å². The zero-order valence-electron chi connectivity index (χ0n) is 8.31. The molecule has 0 amide bonds. The maximum Gasteiger partial charge on any atom is 0.129 e. The molecule has 78 valence electrons. The third-order valence-corrected chi connectivity index (χ3v) is 2.35. The maximum atomic E-state index is 10.1. The molecule has 0 aliphatic carbocycles. The van der Waals surface area contributed by atoms with Crippen LogP contribution < -0.4 is 5.73 Å². The van der Waals surface area contributed by atoms with Crippen molar-refractivity contribution in [1.29, 1.82) is 0 Å². The number of nitrogens with zero attached hydrogens (tertiary/aromatic N) is 2. The fourth-order valence-electron chi connectivity index (χ4n) is 1.52. The molecule has 2 heterocycles. The van der Waals surface area contributed by atoms with Crippen LogP contribution in [0.1, 0.15) is 22.8 Å². The summed E-state index contributed by atoms with van der Waals surface area (Å²) in [7, 11) is 0. The highest BCUT2D eigenvalue weighted by Crippen LogP contribution is 2.27. The number of nitrogen functional groups attached to an aromatic ring is 1. The highest BCUT2D eigenvalue weighted by Gasteiger charge is 2.17. The zero-order valence-corrected chi connectivity index (χ0v) is 8.31. The average molecular weight is 204 g/mol. The van der Waals surface area contributed by atoms with Crippen molar-refractivity contribution in [3.05, 3.63) is 41.3 Å². The van der Waals surface area contributed by atoms with Crippen LogP contribution >= 0.6 is 0 Å². The SMILES string of the molecule is Cc1ccnc(N)c1C(O)c1cn[nH]c1. The lowest BCUT2D eigenvalue weighted by Gasteiger charge is -2.13. The highest BCUT2D eigenvalue weighted by molar-refractivity contribution is 5.48. The Hall–Kier alpha value is -1.88. The molecule has 0 fully saturated rings. The lowest BCUT2D eigenvalue weighted by atomic mass is 10.0. The van der Waals surface area contributed by atoms with Gasteiger partial charge in [0, 0.05) is 23.5 Å². The second-order valence-electron chi connectivity index (χ2n) is 3.36. The normalized spacial score (nSPS) is 12.7. The summed E-state index contributed by atoms with van der Waals surface area (Å²) >= 11 is 0. The number of aliphatic hydroxyl groups is 1. The van der Waals surface area contributed by atoms with Crippen molar-refractivity contribution in [2.45, 2.75) is 13.0 Å². The molecule has 2 aromatic rings. The van der Waals surface area contributed by atoms with Crippen LogP contribution in [-0.4, -0.2) is 20.3 Å². The van der Waals surface area contributed by atoms with E-state index in [1.165, 1.54) is 0 Å². The van der Waals surface area contributed by atoms with E-state index >= 15 is 0 Å². The number of aliphatic hydroxyl groups excluding tert-OH is 1. The Balaban J connectivity index is 2.46. The van der Waals surface area contributed by atoms with Crippen molar-refractivity contribution in [3.8, 4) is 0 Å². The molecule has 5 nitrogen and oxygen atoms in total. The minimum absolute atomic E-state index is 0.351. The smallest absolute Gasteiger partial charge is 0.129 e. The molecular weight excluding hydrogens is 192 g/mol. The molecule has 0 saturated heterocycles. The summed E-state index contributed by atoms with van der Waals surface area (Å²) in [6, 6.07) is 1.81. The second kappa shape index (κ2) is 3.70. The number of hydrogen-bond donors (Lipinski definition) is 3. The average Bonchev–Trinajstić information content (AvgIpc) is 2.69. The molecule has 0 aromatic carbocycles. The van der Waals surface area contributed by atoms with Crippen molar-refractivity contribution in [1.82, 2.24) is 15.2 Å². The Morgan fingerprint density at radius 2 is 2.33 bits per heavy atom. The van der Waals surface area contributed by atoms with Crippen LogP contribution in [0.25, 0.3) is 0 Å². The van der Waals surface area contributed by atoms with Crippen molar-refractivity contribution in [2.75, 3.05) is 5.73 Å². The minimum Gasteiger partial charge on any atom is -0.383 e. The summed E-state index contributed by atoms with van der Waals surface area (Å²) in [6.07, 6.45) is 4.04. The van der Waals surface area contributed by atoms with Gasteiger partial charge in [0.15, 0.2) is 0 Å². The molecule has 1 atom stereocenters. The zero-order chi connectivity index (χ0) is 10.8. The summed E-state index contributed by atoms with van der Waals surface area (Å²) < 4.78 is 0. The van der Waals surface area contributed by atoms with Gasteiger partial charge in [-0.15, -0.1) is 0 Å². The maximum absolute atomic E-state index is 10.1. The van der Waals surface area contributed by atoms with E-state index in [4.69, 9.17) is 5.73 Å². The van der Waals surface area contributed by atoms with Crippen molar-refractivity contribution in [2.24, 2.45) is 0 Å².